The number of hydrogen-bond donors (Lipinski definition) is 0. The van der Waals surface area contributed by atoms with E-state index in [2.05, 4.69) is 4.74 Å². The fourth-order valence-corrected chi connectivity index (χ4v) is 1.41. The molecule has 1 rings (SSSR count). The van der Waals surface area contributed by atoms with Crippen LogP contribution < -0.4 is 4.74 Å². The number of rotatable bonds is 3. The van der Waals surface area contributed by atoms with Crippen LogP contribution in [0.25, 0.3) is 0 Å². The summed E-state index contributed by atoms with van der Waals surface area (Å²) in [6.07, 6.45) is -15.5. The highest BCUT2D eigenvalue weighted by Gasteiger charge is 2.59. The highest BCUT2D eigenvalue weighted by atomic mass is 35.5. The van der Waals surface area contributed by atoms with Crippen molar-refractivity contribution in [1.82, 2.24) is 0 Å². The smallest absolute Gasteiger partial charge is 0.434 e. The number of hydrogen-bond acceptors (Lipinski definition) is 3. The summed E-state index contributed by atoms with van der Waals surface area (Å²) in [5.74, 6) is -0.959. The molecule has 10 heteroatoms. The number of carbonyl (C=O) groups is 1. The van der Waals surface area contributed by atoms with Gasteiger partial charge in [-0.25, -0.2) is 0 Å². The second-order valence-electron chi connectivity index (χ2n) is 3.68. The number of carbonyl (C=O) groups excluding carboxylic acids is 1. The quantitative estimate of drug-likeness (QED) is 0.625. The monoisotopic (exact) mass is 331 g/mol. The van der Waals surface area contributed by atoms with E-state index in [1.165, 1.54) is 6.07 Å². The third-order valence-corrected chi connectivity index (χ3v) is 2.38. The van der Waals surface area contributed by atoms with E-state index in [1.54, 1.807) is 0 Å². The lowest BCUT2D eigenvalue weighted by Gasteiger charge is -2.24. The Morgan fingerprint density at radius 3 is 2.10 bits per heavy atom. The molecular weight excluding hydrogens is 328 g/mol. The third-order valence-electron chi connectivity index (χ3n) is 2.17. The predicted octanol–water partition coefficient (Wildman–Crippen LogP) is 3.81. The van der Waals surface area contributed by atoms with E-state index in [0.717, 1.165) is 12.1 Å². The molecule has 0 fully saturated rings. The van der Waals surface area contributed by atoms with Crippen molar-refractivity contribution in [2.45, 2.75) is 18.5 Å². The Morgan fingerprint density at radius 2 is 1.71 bits per heavy atom. The Balaban J connectivity index is 3.23. The van der Waals surface area contributed by atoms with Crippen LogP contribution in [0.2, 0.25) is 0 Å². The molecule has 0 aliphatic heterocycles. The summed E-state index contributed by atoms with van der Waals surface area (Å²) in [7, 11) is 0. The summed E-state index contributed by atoms with van der Waals surface area (Å²) in [6, 6.07) is 3.54. The first kappa shape index (κ1) is 17.1. The molecule has 0 bridgehead atoms. The fraction of sp³-hybridized carbons (Fsp3) is 0.273. The Hall–Kier alpha value is -1.95. The van der Waals surface area contributed by atoms with Gasteiger partial charge in [-0.1, -0.05) is 0 Å². The zero-order valence-corrected chi connectivity index (χ0v) is 10.5. The van der Waals surface area contributed by atoms with Gasteiger partial charge in [-0.15, -0.1) is 0 Å². The molecule has 1 aromatic rings. The van der Waals surface area contributed by atoms with Crippen molar-refractivity contribution < 1.29 is 35.9 Å². The first-order valence-electron chi connectivity index (χ1n) is 5.01. The lowest BCUT2D eigenvalue weighted by Crippen LogP contribution is -2.46. The molecule has 0 saturated heterocycles. The van der Waals surface area contributed by atoms with Crippen molar-refractivity contribution in [3.8, 4) is 11.8 Å². The number of benzene rings is 1. The van der Waals surface area contributed by atoms with Gasteiger partial charge in [0.25, 0.3) is 11.3 Å². The third kappa shape index (κ3) is 4.26. The van der Waals surface area contributed by atoms with E-state index in [9.17, 15) is 31.1 Å². The van der Waals surface area contributed by atoms with Gasteiger partial charge < -0.3 is 4.74 Å². The Bertz CT molecular complexity index is 576. The van der Waals surface area contributed by atoms with Crippen molar-refractivity contribution in [2.24, 2.45) is 0 Å². The van der Waals surface area contributed by atoms with Crippen molar-refractivity contribution in [2.75, 3.05) is 0 Å². The number of nitriles is 1. The van der Waals surface area contributed by atoms with Gasteiger partial charge in [0.15, 0.2) is 0 Å². The van der Waals surface area contributed by atoms with Gasteiger partial charge in [0, 0.05) is 5.56 Å². The SMILES string of the molecule is N#Cc1cc(C(=O)Cl)ccc1OC(C(F)(F)F)C(F)(F)F. The molecule has 0 radical (unpaired) electrons. The summed E-state index contributed by atoms with van der Waals surface area (Å²) in [5, 5.41) is 7.67. The normalized spacial score (nSPS) is 12.1. The summed E-state index contributed by atoms with van der Waals surface area (Å²) in [6.45, 7) is 0. The van der Waals surface area contributed by atoms with Gasteiger partial charge in [0.05, 0.1) is 5.56 Å². The maximum atomic E-state index is 12.3. The highest BCUT2D eigenvalue weighted by Crippen LogP contribution is 2.37. The standard InChI is InChI=1S/C11H4ClF6NO2/c12-8(20)5-1-2-7(6(3-5)4-19)21-9(10(13,14)15)11(16,17)18/h1-3,9H. The maximum absolute atomic E-state index is 12.3. The van der Waals surface area contributed by atoms with E-state index in [-0.39, 0.29) is 5.56 Å². The summed E-state index contributed by atoms with van der Waals surface area (Å²) >= 11 is 5.09. The molecule has 0 aliphatic rings. The van der Waals surface area contributed by atoms with Gasteiger partial charge >= 0.3 is 12.4 Å². The topological polar surface area (TPSA) is 50.1 Å². The summed E-state index contributed by atoms with van der Waals surface area (Å²) in [5.41, 5.74) is -0.948. The number of nitrogens with zero attached hydrogens (tertiary/aromatic N) is 1. The van der Waals surface area contributed by atoms with Crippen LogP contribution in [0.1, 0.15) is 15.9 Å². The maximum Gasteiger partial charge on any atom is 0.434 e. The van der Waals surface area contributed by atoms with Gasteiger partial charge in [-0.3, -0.25) is 4.79 Å². The Kier molecular flexibility index (Phi) is 4.73. The molecule has 0 spiro atoms. The number of ether oxygens (including phenoxy) is 1. The molecule has 0 aromatic heterocycles. The second-order valence-corrected chi connectivity index (χ2v) is 4.02. The van der Waals surface area contributed by atoms with Crippen LogP contribution in [-0.4, -0.2) is 23.7 Å². The molecule has 0 heterocycles. The molecule has 0 aliphatic carbocycles. The first-order chi connectivity index (χ1) is 9.46. The Morgan fingerprint density at radius 1 is 1.19 bits per heavy atom. The van der Waals surface area contributed by atoms with Crippen LogP contribution in [0.3, 0.4) is 0 Å². The first-order valence-corrected chi connectivity index (χ1v) is 5.38. The molecule has 0 atom stereocenters. The van der Waals surface area contributed by atoms with Crippen molar-refractivity contribution in [1.29, 1.82) is 5.26 Å². The molecule has 0 unspecified atom stereocenters. The lowest BCUT2D eigenvalue weighted by molar-refractivity contribution is -0.299. The number of alkyl halides is 6. The minimum absolute atomic E-state index is 0.267. The van der Waals surface area contributed by atoms with E-state index >= 15 is 0 Å². The van der Waals surface area contributed by atoms with Gasteiger partial charge in [0.2, 0.25) is 0 Å². The second kappa shape index (κ2) is 5.81. The fourth-order valence-electron chi connectivity index (χ4n) is 1.29. The van der Waals surface area contributed by atoms with Gasteiger partial charge in [-0.05, 0) is 29.8 Å². The van der Waals surface area contributed by atoms with E-state index < -0.39 is 35.0 Å². The molecule has 114 valence electrons. The average molecular weight is 332 g/mol. The number of halogens is 7. The summed E-state index contributed by atoms with van der Waals surface area (Å²) < 4.78 is 77.9. The van der Waals surface area contributed by atoms with Gasteiger partial charge in [-0.2, -0.15) is 31.6 Å². The van der Waals surface area contributed by atoms with Crippen molar-refractivity contribution in [3.63, 3.8) is 0 Å². The zero-order chi connectivity index (χ0) is 16.4. The minimum Gasteiger partial charge on any atom is -0.470 e. The predicted molar refractivity (Wildman–Crippen MR) is 57.9 cm³/mol. The molecule has 0 amide bonds. The van der Waals surface area contributed by atoms with Crippen LogP contribution in [0.15, 0.2) is 18.2 Å². The van der Waals surface area contributed by atoms with E-state index in [0.29, 0.717) is 6.07 Å². The minimum atomic E-state index is -5.72. The lowest BCUT2D eigenvalue weighted by atomic mass is 10.1. The van der Waals surface area contributed by atoms with Gasteiger partial charge in [0.1, 0.15) is 11.8 Å². The highest BCUT2D eigenvalue weighted by molar-refractivity contribution is 6.67. The van der Waals surface area contributed by atoms with Crippen LogP contribution >= 0.6 is 11.6 Å². The van der Waals surface area contributed by atoms with Crippen LogP contribution in [-0.2, 0) is 0 Å². The van der Waals surface area contributed by atoms with Crippen LogP contribution in [0, 0.1) is 11.3 Å². The summed E-state index contributed by atoms with van der Waals surface area (Å²) in [4.78, 5) is 10.8. The van der Waals surface area contributed by atoms with E-state index in [1.807, 2.05) is 0 Å². The molecule has 0 N–H and O–H groups in total. The van der Waals surface area contributed by atoms with E-state index in [4.69, 9.17) is 16.9 Å². The van der Waals surface area contributed by atoms with Crippen LogP contribution in [0.5, 0.6) is 5.75 Å². The average Bonchev–Trinajstić information content (AvgIpc) is 2.32. The molecule has 3 nitrogen and oxygen atoms in total. The van der Waals surface area contributed by atoms with Crippen LogP contribution in [0.4, 0.5) is 26.3 Å². The Labute approximate surface area is 118 Å². The molecular formula is C11H4ClF6NO2. The van der Waals surface area contributed by atoms with Crippen molar-refractivity contribution in [3.05, 3.63) is 29.3 Å². The molecule has 0 saturated carbocycles. The van der Waals surface area contributed by atoms with Crippen molar-refractivity contribution >= 4 is 16.8 Å². The largest absolute Gasteiger partial charge is 0.470 e. The zero-order valence-electron chi connectivity index (χ0n) is 9.72. The molecule has 21 heavy (non-hydrogen) atoms. The molecule has 1 aromatic carbocycles.